The molecule has 1 aliphatic heterocycles. The second kappa shape index (κ2) is 20.4. The standard InChI is InChI=1S/C43H43IN8O9/c44-24-40(53)45-7-8-46-41(54)34-21-28(37-4-1-15-59-37)18-31(47-34)25-50-9-11-51(26-32-19-29(38-5-2-16-60-38)22-35(48-32)42(55)56)13-14-52(12-10-50)27-33-20-30(39-6-3-17-61-39)23-36(49-33)43(57)58/h1-6,15-23H,7-14,24-27H2,(H,45,53)(H,46,54)(H,55,56)(H,57,58). The Balaban J connectivity index is 1.17. The van der Waals surface area contributed by atoms with Gasteiger partial charge in [0.05, 0.1) is 40.3 Å². The fourth-order valence-corrected chi connectivity index (χ4v) is 7.23. The number of carboxylic acid groups (broad SMARTS) is 2. The van der Waals surface area contributed by atoms with Crippen LogP contribution < -0.4 is 10.6 Å². The number of rotatable bonds is 16. The molecule has 2 amide bonds. The number of furan rings is 3. The minimum atomic E-state index is -1.15. The van der Waals surface area contributed by atoms with Crippen LogP contribution in [0.1, 0.15) is 48.5 Å². The van der Waals surface area contributed by atoms with E-state index in [-0.39, 0.29) is 36.1 Å². The average Bonchev–Trinajstić information content (AvgIpc) is 4.10. The number of carboxylic acids is 2. The molecule has 7 rings (SSSR count). The van der Waals surface area contributed by atoms with Gasteiger partial charge in [0.2, 0.25) is 5.91 Å². The van der Waals surface area contributed by atoms with Crippen molar-refractivity contribution < 1.29 is 42.6 Å². The minimum Gasteiger partial charge on any atom is -0.477 e. The van der Waals surface area contributed by atoms with Gasteiger partial charge in [-0.1, -0.05) is 22.6 Å². The van der Waals surface area contributed by atoms with Crippen LogP contribution in [0.5, 0.6) is 0 Å². The lowest BCUT2D eigenvalue weighted by Gasteiger charge is -2.26. The van der Waals surface area contributed by atoms with Gasteiger partial charge in [-0.3, -0.25) is 24.3 Å². The Morgan fingerprint density at radius 1 is 0.557 bits per heavy atom. The number of amides is 2. The Bertz CT molecular complexity index is 2330. The number of nitrogens with zero attached hydrogens (tertiary/aromatic N) is 6. The molecule has 0 bridgehead atoms. The van der Waals surface area contributed by atoms with E-state index in [1.54, 1.807) is 42.7 Å². The number of halogens is 1. The highest BCUT2D eigenvalue weighted by Crippen LogP contribution is 2.26. The summed E-state index contributed by atoms with van der Waals surface area (Å²) in [7, 11) is 0. The van der Waals surface area contributed by atoms with Crippen LogP contribution in [0.3, 0.4) is 0 Å². The van der Waals surface area contributed by atoms with Crippen LogP contribution in [0, 0.1) is 0 Å². The van der Waals surface area contributed by atoms with E-state index in [0.717, 1.165) is 0 Å². The van der Waals surface area contributed by atoms with Crippen LogP contribution in [0.15, 0.2) is 105 Å². The minimum absolute atomic E-state index is 0.0964. The highest BCUT2D eigenvalue weighted by atomic mass is 127. The highest BCUT2D eigenvalue weighted by Gasteiger charge is 2.22. The second-order valence-corrected chi connectivity index (χ2v) is 15.1. The molecular weight excluding hydrogens is 899 g/mol. The summed E-state index contributed by atoms with van der Waals surface area (Å²) >= 11 is 1.97. The first kappa shape index (κ1) is 42.9. The van der Waals surface area contributed by atoms with Gasteiger partial charge >= 0.3 is 11.9 Å². The summed E-state index contributed by atoms with van der Waals surface area (Å²) in [5.41, 5.74) is 3.63. The summed E-state index contributed by atoms with van der Waals surface area (Å²) in [5.74, 6) is -1.19. The van der Waals surface area contributed by atoms with Gasteiger partial charge in [-0.25, -0.2) is 24.5 Å². The Labute approximate surface area is 363 Å². The molecular formula is C43H43IN8O9. The van der Waals surface area contributed by atoms with Crippen LogP contribution in [-0.2, 0) is 24.4 Å². The maximum Gasteiger partial charge on any atom is 0.354 e. The molecule has 0 saturated carbocycles. The number of aromatic nitrogens is 3. The number of hydrogen-bond acceptors (Lipinski definition) is 13. The molecule has 1 saturated heterocycles. The number of carbonyl (C=O) groups excluding carboxylic acids is 2. The molecule has 18 heteroatoms. The summed E-state index contributed by atoms with van der Waals surface area (Å²) in [5, 5.41) is 25.5. The van der Waals surface area contributed by atoms with Crippen molar-refractivity contribution in [1.29, 1.82) is 0 Å². The van der Waals surface area contributed by atoms with Gasteiger partial charge in [-0.2, -0.15) is 0 Å². The summed E-state index contributed by atoms with van der Waals surface area (Å²) in [6.07, 6.45) is 4.62. The number of hydrogen-bond donors (Lipinski definition) is 4. The Morgan fingerprint density at radius 2 is 0.918 bits per heavy atom. The lowest BCUT2D eigenvalue weighted by Crippen LogP contribution is -2.36. The fraction of sp³-hybridized carbons (Fsp3) is 0.279. The van der Waals surface area contributed by atoms with E-state index in [1.165, 1.54) is 24.7 Å². The Kier molecular flexibility index (Phi) is 14.3. The number of nitrogens with one attached hydrogen (secondary N) is 2. The normalized spacial score (nSPS) is 14.2. The topological polar surface area (TPSA) is 221 Å². The summed E-state index contributed by atoms with van der Waals surface area (Å²) in [4.78, 5) is 69.8. The first-order valence-electron chi connectivity index (χ1n) is 19.5. The van der Waals surface area contributed by atoms with Gasteiger partial charge in [-0.05, 0) is 72.8 Å². The molecule has 1 aliphatic rings. The second-order valence-electron chi connectivity index (χ2n) is 14.3. The van der Waals surface area contributed by atoms with Crippen molar-refractivity contribution in [2.24, 2.45) is 0 Å². The summed E-state index contributed by atoms with van der Waals surface area (Å²) in [6.45, 7) is 4.99. The number of pyridine rings is 3. The molecule has 4 N–H and O–H groups in total. The summed E-state index contributed by atoms with van der Waals surface area (Å²) < 4.78 is 17.2. The van der Waals surface area contributed by atoms with E-state index >= 15 is 0 Å². The van der Waals surface area contributed by atoms with Gasteiger partial charge in [0.1, 0.15) is 34.4 Å². The third-order valence-corrected chi connectivity index (χ3v) is 10.6. The van der Waals surface area contributed by atoms with Crippen LogP contribution >= 0.6 is 22.6 Å². The molecule has 6 aromatic rings. The van der Waals surface area contributed by atoms with E-state index in [0.29, 0.717) is 114 Å². The van der Waals surface area contributed by atoms with Crippen molar-refractivity contribution in [3.63, 3.8) is 0 Å². The fourth-order valence-electron chi connectivity index (χ4n) is 6.96. The SMILES string of the molecule is O=C(CI)NCCNC(=O)c1cc(-c2ccco2)cc(CN2CCN(Cc3cc(-c4ccco4)cc(C(=O)O)n3)CCN(Cc3cc(-c4ccco4)cc(C(=O)O)n3)CC2)n1. The van der Waals surface area contributed by atoms with Crippen molar-refractivity contribution >= 4 is 46.3 Å². The molecule has 0 spiro atoms. The number of aromatic carboxylic acids is 2. The van der Waals surface area contributed by atoms with Gasteiger partial charge < -0.3 is 34.1 Å². The zero-order valence-electron chi connectivity index (χ0n) is 33.0. The number of alkyl halides is 1. The van der Waals surface area contributed by atoms with Crippen LogP contribution in [0.25, 0.3) is 34.0 Å². The zero-order valence-corrected chi connectivity index (χ0v) is 35.1. The smallest absolute Gasteiger partial charge is 0.354 e. The van der Waals surface area contributed by atoms with Gasteiger partial charge in [0.25, 0.3) is 5.91 Å². The van der Waals surface area contributed by atoms with Crippen molar-refractivity contribution in [1.82, 2.24) is 40.3 Å². The molecule has 17 nitrogen and oxygen atoms in total. The average molecular weight is 943 g/mol. The molecule has 61 heavy (non-hydrogen) atoms. The maximum absolute atomic E-state index is 13.4. The molecule has 0 atom stereocenters. The molecule has 316 valence electrons. The monoisotopic (exact) mass is 942 g/mol. The lowest BCUT2D eigenvalue weighted by molar-refractivity contribution is -0.118. The molecule has 0 aliphatic carbocycles. The van der Waals surface area contributed by atoms with E-state index < -0.39 is 17.8 Å². The van der Waals surface area contributed by atoms with Crippen molar-refractivity contribution in [2.45, 2.75) is 19.6 Å². The predicted molar refractivity (Wildman–Crippen MR) is 230 cm³/mol. The van der Waals surface area contributed by atoms with Crippen LogP contribution in [0.4, 0.5) is 0 Å². The Morgan fingerprint density at radius 3 is 1.26 bits per heavy atom. The first-order valence-corrected chi connectivity index (χ1v) is 21.0. The van der Waals surface area contributed by atoms with Crippen molar-refractivity contribution in [3.05, 3.63) is 126 Å². The largest absolute Gasteiger partial charge is 0.477 e. The first-order chi connectivity index (χ1) is 29.6. The predicted octanol–water partition coefficient (Wildman–Crippen LogP) is 5.15. The number of carbonyl (C=O) groups is 4. The summed E-state index contributed by atoms with van der Waals surface area (Å²) in [6, 6.07) is 20.8. The van der Waals surface area contributed by atoms with E-state index in [1.807, 2.05) is 46.9 Å². The van der Waals surface area contributed by atoms with Gasteiger partial charge in [0.15, 0.2) is 0 Å². The molecule has 7 heterocycles. The van der Waals surface area contributed by atoms with E-state index in [2.05, 4.69) is 35.3 Å². The zero-order chi connectivity index (χ0) is 42.7. The molecule has 0 unspecified atom stereocenters. The molecule has 0 radical (unpaired) electrons. The molecule has 1 fully saturated rings. The molecule has 6 aromatic heterocycles. The van der Waals surface area contributed by atoms with Gasteiger partial charge in [-0.15, -0.1) is 0 Å². The molecule has 0 aromatic carbocycles. The lowest BCUT2D eigenvalue weighted by atomic mass is 10.1. The van der Waals surface area contributed by atoms with Gasteiger partial charge in [0, 0.05) is 88.7 Å². The van der Waals surface area contributed by atoms with E-state index in [4.69, 9.17) is 18.2 Å². The quantitative estimate of drug-likeness (QED) is 0.0560. The van der Waals surface area contributed by atoms with E-state index in [9.17, 15) is 29.4 Å². The van der Waals surface area contributed by atoms with Crippen molar-refractivity contribution in [2.75, 3.05) is 56.8 Å². The third-order valence-electron chi connectivity index (χ3n) is 9.93. The third kappa shape index (κ3) is 11.7. The van der Waals surface area contributed by atoms with Crippen molar-refractivity contribution in [3.8, 4) is 34.0 Å². The van der Waals surface area contributed by atoms with Crippen LogP contribution in [-0.4, -0.2) is 120 Å². The Hall–Kier alpha value is -6.22. The maximum atomic E-state index is 13.4. The van der Waals surface area contributed by atoms with Crippen LogP contribution in [0.2, 0.25) is 0 Å². The highest BCUT2D eigenvalue weighted by molar-refractivity contribution is 14.1.